The van der Waals surface area contributed by atoms with E-state index in [0.717, 1.165) is 7.11 Å². The molecule has 0 aliphatic heterocycles. The molecular formula is C9H8ClF2NO4S. The molecule has 0 aliphatic rings. The Balaban J connectivity index is 3.25. The Labute approximate surface area is 107 Å². The normalized spacial score (nSPS) is 11.1. The van der Waals surface area contributed by atoms with Crippen LogP contribution < -0.4 is 4.72 Å². The van der Waals surface area contributed by atoms with Gasteiger partial charge in [-0.2, -0.15) is 0 Å². The summed E-state index contributed by atoms with van der Waals surface area (Å²) in [5.41, 5.74) is -1.18. The Morgan fingerprint density at radius 1 is 1.39 bits per heavy atom. The van der Waals surface area contributed by atoms with Crippen LogP contribution in [0.5, 0.6) is 0 Å². The molecule has 0 aromatic heterocycles. The number of esters is 1. The van der Waals surface area contributed by atoms with E-state index in [0.29, 0.717) is 12.1 Å². The number of carbonyl (C=O) groups excluding carboxylic acids is 1. The van der Waals surface area contributed by atoms with E-state index in [1.165, 1.54) is 0 Å². The summed E-state index contributed by atoms with van der Waals surface area (Å²) in [5.74, 6) is -3.39. The van der Waals surface area contributed by atoms with Gasteiger partial charge in [0.25, 0.3) is 0 Å². The number of halogens is 3. The van der Waals surface area contributed by atoms with Gasteiger partial charge in [0.15, 0.2) is 0 Å². The van der Waals surface area contributed by atoms with E-state index in [1.807, 2.05) is 0 Å². The number of nitrogens with one attached hydrogen (secondary N) is 1. The maximum Gasteiger partial charge on any atom is 0.340 e. The SMILES string of the molecule is COC(=O)c1cc(NS(=O)(=O)CCl)c(F)cc1F. The highest BCUT2D eigenvalue weighted by atomic mass is 35.5. The zero-order chi connectivity index (χ0) is 13.9. The van der Waals surface area contributed by atoms with Gasteiger partial charge in [0.1, 0.15) is 16.8 Å². The van der Waals surface area contributed by atoms with Crippen molar-refractivity contribution in [2.24, 2.45) is 0 Å². The van der Waals surface area contributed by atoms with Gasteiger partial charge in [0.05, 0.1) is 18.4 Å². The molecule has 0 saturated heterocycles. The van der Waals surface area contributed by atoms with E-state index < -0.39 is 44.1 Å². The number of rotatable bonds is 4. The molecule has 0 heterocycles. The average molecular weight is 300 g/mol. The lowest BCUT2D eigenvalue weighted by atomic mass is 10.2. The van der Waals surface area contributed by atoms with E-state index in [2.05, 4.69) is 4.74 Å². The Morgan fingerprint density at radius 2 is 2.00 bits per heavy atom. The summed E-state index contributed by atoms with van der Waals surface area (Å²) < 4.78 is 54.9. The van der Waals surface area contributed by atoms with E-state index in [-0.39, 0.29) is 0 Å². The van der Waals surface area contributed by atoms with E-state index in [1.54, 1.807) is 4.72 Å². The first-order valence-electron chi connectivity index (χ1n) is 4.44. The number of methoxy groups -OCH3 is 1. The predicted octanol–water partition coefficient (Wildman–Crippen LogP) is 1.69. The van der Waals surface area contributed by atoms with Crippen molar-refractivity contribution in [1.29, 1.82) is 0 Å². The van der Waals surface area contributed by atoms with Crippen LogP contribution >= 0.6 is 11.6 Å². The number of hydrogen-bond acceptors (Lipinski definition) is 4. The van der Waals surface area contributed by atoms with Gasteiger partial charge in [-0.3, -0.25) is 4.72 Å². The van der Waals surface area contributed by atoms with Crippen molar-refractivity contribution in [2.75, 3.05) is 17.0 Å². The molecule has 0 bridgehead atoms. The topological polar surface area (TPSA) is 72.5 Å². The van der Waals surface area contributed by atoms with Crippen LogP contribution in [0.15, 0.2) is 12.1 Å². The highest BCUT2D eigenvalue weighted by Crippen LogP contribution is 2.21. The summed E-state index contributed by atoms with van der Waals surface area (Å²) in [6.07, 6.45) is 0. The van der Waals surface area contributed by atoms with Crippen LogP contribution in [0.3, 0.4) is 0 Å². The molecule has 0 saturated carbocycles. The first-order chi connectivity index (χ1) is 8.30. The first-order valence-corrected chi connectivity index (χ1v) is 6.63. The number of sulfonamides is 1. The zero-order valence-corrected chi connectivity index (χ0v) is 10.6. The quantitative estimate of drug-likeness (QED) is 0.678. The Kier molecular flexibility index (Phi) is 4.47. The fourth-order valence-corrected chi connectivity index (χ4v) is 1.80. The van der Waals surface area contributed by atoms with Crippen LogP contribution in [-0.2, 0) is 14.8 Å². The molecule has 0 amide bonds. The van der Waals surface area contributed by atoms with Crippen molar-refractivity contribution in [2.45, 2.75) is 0 Å². The van der Waals surface area contributed by atoms with E-state index in [4.69, 9.17) is 11.6 Å². The van der Waals surface area contributed by atoms with Crippen LogP contribution in [0.1, 0.15) is 10.4 Å². The molecule has 9 heteroatoms. The monoisotopic (exact) mass is 299 g/mol. The second-order valence-electron chi connectivity index (χ2n) is 3.13. The molecule has 1 N–H and O–H groups in total. The number of anilines is 1. The second-order valence-corrected chi connectivity index (χ2v) is 5.44. The summed E-state index contributed by atoms with van der Waals surface area (Å²) in [5, 5.41) is -0.808. The molecule has 0 aliphatic carbocycles. The van der Waals surface area contributed by atoms with Crippen molar-refractivity contribution < 1.29 is 26.7 Å². The molecule has 0 fully saturated rings. The number of benzene rings is 1. The Morgan fingerprint density at radius 3 is 2.50 bits per heavy atom. The lowest BCUT2D eigenvalue weighted by molar-refractivity contribution is 0.0595. The van der Waals surface area contributed by atoms with Crippen LogP contribution in [0.2, 0.25) is 0 Å². The largest absolute Gasteiger partial charge is 0.465 e. The molecule has 0 atom stereocenters. The van der Waals surface area contributed by atoms with Gasteiger partial charge in [0.2, 0.25) is 10.0 Å². The molecule has 1 aromatic rings. The van der Waals surface area contributed by atoms with Gasteiger partial charge in [-0.05, 0) is 6.07 Å². The third kappa shape index (κ3) is 3.30. The molecule has 5 nitrogen and oxygen atoms in total. The fraction of sp³-hybridized carbons (Fsp3) is 0.222. The maximum absolute atomic E-state index is 13.3. The minimum atomic E-state index is -3.96. The van der Waals surface area contributed by atoms with Crippen LogP contribution in [0.25, 0.3) is 0 Å². The summed E-state index contributed by atoms with van der Waals surface area (Å²) in [6.45, 7) is 0. The number of ether oxygens (including phenoxy) is 1. The van der Waals surface area contributed by atoms with Crippen LogP contribution in [0, 0.1) is 11.6 Å². The summed E-state index contributed by atoms with van der Waals surface area (Å²) >= 11 is 5.12. The standard InChI is InChI=1S/C9H8ClF2NO4S/c1-17-9(14)5-2-8(7(12)3-6(5)11)13-18(15,16)4-10/h2-3,13H,4H2,1H3. The Bertz CT molecular complexity index is 576. The number of alkyl halides is 1. The van der Waals surface area contributed by atoms with Gasteiger partial charge >= 0.3 is 5.97 Å². The average Bonchev–Trinajstić information content (AvgIpc) is 2.31. The summed E-state index contributed by atoms with van der Waals surface area (Å²) in [6, 6.07) is 1.07. The summed E-state index contributed by atoms with van der Waals surface area (Å²) in [4.78, 5) is 11.1. The lowest BCUT2D eigenvalue weighted by Crippen LogP contribution is -2.16. The summed E-state index contributed by atoms with van der Waals surface area (Å²) in [7, 11) is -2.95. The molecule has 0 spiro atoms. The molecule has 1 aromatic carbocycles. The molecule has 100 valence electrons. The van der Waals surface area contributed by atoms with Gasteiger partial charge in [-0.1, -0.05) is 0 Å². The fourth-order valence-electron chi connectivity index (χ4n) is 1.09. The molecule has 0 unspecified atom stereocenters. The predicted molar refractivity (Wildman–Crippen MR) is 61.0 cm³/mol. The van der Waals surface area contributed by atoms with Crippen molar-refractivity contribution >= 4 is 33.3 Å². The van der Waals surface area contributed by atoms with E-state index in [9.17, 15) is 22.0 Å². The van der Waals surface area contributed by atoms with Crippen LogP contribution in [0.4, 0.5) is 14.5 Å². The smallest absolute Gasteiger partial charge is 0.340 e. The molecular weight excluding hydrogens is 292 g/mol. The van der Waals surface area contributed by atoms with E-state index >= 15 is 0 Å². The first kappa shape index (κ1) is 14.7. The number of hydrogen-bond donors (Lipinski definition) is 1. The third-order valence-electron chi connectivity index (χ3n) is 1.87. The minimum Gasteiger partial charge on any atom is -0.465 e. The van der Waals surface area contributed by atoms with Crippen molar-refractivity contribution in [3.63, 3.8) is 0 Å². The lowest BCUT2D eigenvalue weighted by Gasteiger charge is -2.09. The maximum atomic E-state index is 13.3. The molecule has 1 rings (SSSR count). The highest BCUT2D eigenvalue weighted by Gasteiger charge is 2.19. The number of carbonyl (C=O) groups is 1. The highest BCUT2D eigenvalue weighted by molar-refractivity contribution is 7.93. The van der Waals surface area contributed by atoms with Gasteiger partial charge in [-0.25, -0.2) is 22.0 Å². The van der Waals surface area contributed by atoms with Crippen LogP contribution in [-0.4, -0.2) is 26.7 Å². The minimum absolute atomic E-state index is 0.373. The Hall–Kier alpha value is -1.41. The van der Waals surface area contributed by atoms with Gasteiger partial charge in [0, 0.05) is 6.07 Å². The zero-order valence-electron chi connectivity index (χ0n) is 9.04. The molecule has 18 heavy (non-hydrogen) atoms. The van der Waals surface area contributed by atoms with Gasteiger partial charge < -0.3 is 4.74 Å². The van der Waals surface area contributed by atoms with Gasteiger partial charge in [-0.15, -0.1) is 11.6 Å². The van der Waals surface area contributed by atoms with Crippen molar-refractivity contribution in [3.8, 4) is 0 Å². The van der Waals surface area contributed by atoms with Crippen molar-refractivity contribution in [3.05, 3.63) is 29.3 Å². The molecule has 0 radical (unpaired) electrons. The second kappa shape index (κ2) is 5.49. The third-order valence-corrected chi connectivity index (χ3v) is 3.55. The van der Waals surface area contributed by atoms with Crippen molar-refractivity contribution in [1.82, 2.24) is 0 Å².